The topological polar surface area (TPSA) is 68.7 Å². The normalized spacial score (nSPS) is 19.8. The fraction of sp³-hybridized carbons (Fsp3) is 0.238. The Morgan fingerprint density at radius 1 is 1.20 bits per heavy atom. The molecule has 3 aromatic rings. The first-order valence-corrected chi connectivity index (χ1v) is 8.53. The van der Waals surface area contributed by atoms with Gasteiger partial charge in [0.05, 0.1) is 11.0 Å². The van der Waals surface area contributed by atoms with Crippen LogP contribution in [-0.4, -0.2) is 23.9 Å². The minimum atomic E-state index is -0.419. The number of benzene rings is 2. The Kier molecular flexibility index (Phi) is 3.87. The molecular weight excluding hydrogens is 310 g/mol. The van der Waals surface area contributed by atoms with Crippen molar-refractivity contribution in [2.24, 2.45) is 5.41 Å². The van der Waals surface area contributed by atoms with Gasteiger partial charge in [0.15, 0.2) is 5.78 Å². The molecule has 0 amide bonds. The van der Waals surface area contributed by atoms with Gasteiger partial charge in [-0.2, -0.15) is 5.26 Å². The Bertz CT molecular complexity index is 960. The van der Waals surface area contributed by atoms with Gasteiger partial charge in [0.2, 0.25) is 0 Å². The van der Waals surface area contributed by atoms with Gasteiger partial charge in [-0.15, -0.1) is 0 Å². The number of nitriles is 1. The molecule has 1 saturated heterocycles. The van der Waals surface area contributed by atoms with Crippen molar-refractivity contribution in [3.63, 3.8) is 0 Å². The zero-order valence-corrected chi connectivity index (χ0v) is 13.9. The monoisotopic (exact) mass is 329 g/mol. The van der Waals surface area contributed by atoms with Crippen LogP contribution in [0.15, 0.2) is 54.7 Å². The maximum Gasteiger partial charge on any atom is 0.170 e. The summed E-state index contributed by atoms with van der Waals surface area (Å²) in [5, 5.41) is 13.4. The van der Waals surface area contributed by atoms with Crippen LogP contribution in [0.1, 0.15) is 27.9 Å². The molecular formula is C21H19N3O. The van der Waals surface area contributed by atoms with Crippen molar-refractivity contribution >= 4 is 16.7 Å². The third-order valence-electron chi connectivity index (χ3n) is 5.18. The van der Waals surface area contributed by atoms with Gasteiger partial charge in [0, 0.05) is 29.2 Å². The number of aromatic nitrogens is 1. The molecule has 124 valence electrons. The number of fused-ring (bicyclic) bond motifs is 1. The number of ketones is 1. The molecule has 4 rings (SSSR count). The third kappa shape index (κ3) is 2.73. The number of H-pyrrole nitrogens is 1. The highest BCUT2D eigenvalue weighted by atomic mass is 16.1. The van der Waals surface area contributed by atoms with Crippen molar-refractivity contribution in [3.8, 4) is 6.07 Å². The van der Waals surface area contributed by atoms with Crippen LogP contribution in [0.5, 0.6) is 0 Å². The van der Waals surface area contributed by atoms with E-state index in [4.69, 9.17) is 0 Å². The lowest BCUT2D eigenvalue weighted by molar-refractivity contribution is 0.0816. The first-order valence-electron chi connectivity index (χ1n) is 8.53. The van der Waals surface area contributed by atoms with Gasteiger partial charge < -0.3 is 10.3 Å². The molecule has 0 radical (unpaired) electrons. The molecule has 1 unspecified atom stereocenters. The highest BCUT2D eigenvalue weighted by Crippen LogP contribution is 2.35. The zero-order valence-electron chi connectivity index (χ0n) is 13.9. The van der Waals surface area contributed by atoms with Crippen LogP contribution < -0.4 is 5.32 Å². The van der Waals surface area contributed by atoms with Crippen molar-refractivity contribution in [3.05, 3.63) is 71.4 Å². The molecule has 4 heteroatoms. The van der Waals surface area contributed by atoms with Crippen molar-refractivity contribution in [1.82, 2.24) is 10.3 Å². The number of Topliss-reactive ketones (excluding diaryl/α,β-unsaturated/α-hetero) is 1. The minimum absolute atomic E-state index is 0.161. The number of nitrogens with zero attached hydrogens (tertiary/aromatic N) is 1. The van der Waals surface area contributed by atoms with Crippen LogP contribution in [0.4, 0.5) is 0 Å². The molecule has 2 aromatic carbocycles. The SMILES string of the molecule is N#Cc1c[nH]c2ccc(C(=O)C3(Cc4ccccc4)CCNC3)cc12. The lowest BCUT2D eigenvalue weighted by Gasteiger charge is -2.27. The van der Waals surface area contributed by atoms with Crippen LogP contribution in [0.25, 0.3) is 10.9 Å². The standard InChI is InChI=1S/C21H19N3O/c22-12-17-13-24-19-7-6-16(10-18(17)19)20(25)21(8-9-23-14-21)11-15-4-2-1-3-5-15/h1-7,10,13,23-24H,8-9,11,14H2. The fourth-order valence-corrected chi connectivity index (χ4v) is 3.82. The van der Waals surface area contributed by atoms with E-state index in [0.717, 1.165) is 30.3 Å². The summed E-state index contributed by atoms with van der Waals surface area (Å²) in [6.45, 7) is 1.55. The van der Waals surface area contributed by atoms with Crippen LogP contribution in [0.3, 0.4) is 0 Å². The summed E-state index contributed by atoms with van der Waals surface area (Å²) >= 11 is 0. The fourth-order valence-electron chi connectivity index (χ4n) is 3.82. The van der Waals surface area contributed by atoms with Crippen LogP contribution in [0.2, 0.25) is 0 Å². The van der Waals surface area contributed by atoms with Gasteiger partial charge in [0.1, 0.15) is 6.07 Å². The quantitative estimate of drug-likeness (QED) is 0.720. The number of rotatable bonds is 4. The summed E-state index contributed by atoms with van der Waals surface area (Å²) in [6.07, 6.45) is 3.25. The second-order valence-electron chi connectivity index (χ2n) is 6.77. The highest BCUT2D eigenvalue weighted by molar-refractivity contribution is 6.04. The van der Waals surface area contributed by atoms with E-state index in [1.54, 1.807) is 6.20 Å². The van der Waals surface area contributed by atoms with Gasteiger partial charge >= 0.3 is 0 Å². The Morgan fingerprint density at radius 3 is 2.76 bits per heavy atom. The summed E-state index contributed by atoms with van der Waals surface area (Å²) < 4.78 is 0. The van der Waals surface area contributed by atoms with Gasteiger partial charge in [-0.25, -0.2) is 0 Å². The Morgan fingerprint density at radius 2 is 2.04 bits per heavy atom. The van der Waals surface area contributed by atoms with Crippen molar-refractivity contribution in [1.29, 1.82) is 5.26 Å². The first-order chi connectivity index (χ1) is 12.2. The number of hydrogen-bond acceptors (Lipinski definition) is 3. The van der Waals surface area contributed by atoms with Gasteiger partial charge in [-0.3, -0.25) is 4.79 Å². The number of carbonyl (C=O) groups is 1. The molecule has 1 atom stereocenters. The first kappa shape index (κ1) is 15.6. The highest BCUT2D eigenvalue weighted by Gasteiger charge is 2.41. The van der Waals surface area contributed by atoms with E-state index in [9.17, 15) is 10.1 Å². The van der Waals surface area contributed by atoms with E-state index < -0.39 is 5.41 Å². The molecule has 0 bridgehead atoms. The Labute approximate surface area is 146 Å². The number of nitrogens with one attached hydrogen (secondary N) is 2. The molecule has 0 spiro atoms. The lowest BCUT2D eigenvalue weighted by atomic mass is 9.74. The predicted octanol–water partition coefficient (Wildman–Crippen LogP) is 3.44. The average Bonchev–Trinajstić information content (AvgIpc) is 3.28. The van der Waals surface area contributed by atoms with Crippen molar-refractivity contribution in [2.75, 3.05) is 13.1 Å². The van der Waals surface area contributed by atoms with Crippen LogP contribution in [0, 0.1) is 16.7 Å². The molecule has 0 saturated carbocycles. The maximum atomic E-state index is 13.4. The molecule has 1 fully saturated rings. The lowest BCUT2D eigenvalue weighted by Crippen LogP contribution is -2.35. The molecule has 2 heterocycles. The molecule has 25 heavy (non-hydrogen) atoms. The van der Waals surface area contributed by atoms with Crippen LogP contribution >= 0.6 is 0 Å². The minimum Gasteiger partial charge on any atom is -0.360 e. The van der Waals surface area contributed by atoms with E-state index in [0.29, 0.717) is 17.7 Å². The molecule has 1 aliphatic rings. The van der Waals surface area contributed by atoms with E-state index in [-0.39, 0.29) is 5.78 Å². The maximum absolute atomic E-state index is 13.4. The second kappa shape index (κ2) is 6.19. The number of aromatic amines is 1. The van der Waals surface area contributed by atoms with Crippen LogP contribution in [-0.2, 0) is 6.42 Å². The van der Waals surface area contributed by atoms with Gasteiger partial charge in [-0.05, 0) is 43.1 Å². The molecule has 4 nitrogen and oxygen atoms in total. The van der Waals surface area contributed by atoms with Gasteiger partial charge in [0.25, 0.3) is 0 Å². The van der Waals surface area contributed by atoms with Crippen molar-refractivity contribution < 1.29 is 4.79 Å². The largest absolute Gasteiger partial charge is 0.360 e. The van der Waals surface area contributed by atoms with E-state index in [1.807, 2.05) is 36.4 Å². The average molecular weight is 329 g/mol. The number of carbonyl (C=O) groups excluding carboxylic acids is 1. The van der Waals surface area contributed by atoms with E-state index in [1.165, 1.54) is 5.56 Å². The number of hydrogen-bond donors (Lipinski definition) is 2. The zero-order chi connectivity index (χ0) is 17.3. The molecule has 2 N–H and O–H groups in total. The molecule has 1 aromatic heterocycles. The molecule has 1 aliphatic heterocycles. The van der Waals surface area contributed by atoms with Gasteiger partial charge in [-0.1, -0.05) is 30.3 Å². The summed E-state index contributed by atoms with van der Waals surface area (Å²) in [5.74, 6) is 0.161. The second-order valence-corrected chi connectivity index (χ2v) is 6.77. The third-order valence-corrected chi connectivity index (χ3v) is 5.18. The van der Waals surface area contributed by atoms with E-state index >= 15 is 0 Å². The summed E-state index contributed by atoms with van der Waals surface area (Å²) in [5.41, 5.74) is 2.90. The molecule has 0 aliphatic carbocycles. The van der Waals surface area contributed by atoms with E-state index in [2.05, 4.69) is 28.5 Å². The Balaban J connectivity index is 1.73. The predicted molar refractivity (Wildman–Crippen MR) is 97.4 cm³/mol. The summed E-state index contributed by atoms with van der Waals surface area (Å²) in [4.78, 5) is 16.5. The van der Waals surface area contributed by atoms with Crippen molar-refractivity contribution in [2.45, 2.75) is 12.8 Å². The Hall–Kier alpha value is -2.90. The smallest absolute Gasteiger partial charge is 0.170 e. The summed E-state index contributed by atoms with van der Waals surface area (Å²) in [6, 6.07) is 18.0. The summed E-state index contributed by atoms with van der Waals surface area (Å²) in [7, 11) is 0.